The molecule has 0 aliphatic carbocycles. The van der Waals surface area contributed by atoms with E-state index in [0.717, 1.165) is 11.3 Å². The van der Waals surface area contributed by atoms with Gasteiger partial charge in [-0.3, -0.25) is 14.9 Å². The van der Waals surface area contributed by atoms with E-state index in [2.05, 4.69) is 5.32 Å². The predicted molar refractivity (Wildman–Crippen MR) is 110 cm³/mol. The molecule has 3 aromatic rings. The normalized spacial score (nSPS) is 17.8. The number of nitro benzene ring substituents is 1. The van der Waals surface area contributed by atoms with E-state index >= 15 is 0 Å². The number of nitrogens with zero attached hydrogens (tertiary/aromatic N) is 2. The van der Waals surface area contributed by atoms with Crippen molar-refractivity contribution in [3.8, 4) is 0 Å². The molecule has 7 nitrogen and oxygen atoms in total. The first-order valence-electron chi connectivity index (χ1n) is 9.14. The van der Waals surface area contributed by atoms with Gasteiger partial charge >= 0.3 is 0 Å². The summed E-state index contributed by atoms with van der Waals surface area (Å²) >= 11 is 0. The molecule has 146 valence electrons. The minimum absolute atomic E-state index is 0.0440. The number of non-ortho nitro benzene ring substituents is 1. The number of aliphatic hydroxyl groups is 1. The summed E-state index contributed by atoms with van der Waals surface area (Å²) in [5, 5.41) is 24.3. The third-order valence-electron chi connectivity index (χ3n) is 5.12. The second-order valence-corrected chi connectivity index (χ2v) is 6.89. The van der Waals surface area contributed by atoms with E-state index in [-0.39, 0.29) is 11.6 Å². The number of amides is 1. The maximum Gasteiger partial charge on any atom is 0.269 e. The summed E-state index contributed by atoms with van der Waals surface area (Å²) in [6.45, 7) is -0.0779. The van der Waals surface area contributed by atoms with Gasteiger partial charge in [-0.15, -0.1) is 0 Å². The predicted octanol–water partition coefficient (Wildman–Crippen LogP) is 3.44. The Morgan fingerprint density at radius 3 is 2.28 bits per heavy atom. The molecule has 0 spiro atoms. The Kier molecular flexibility index (Phi) is 4.74. The van der Waals surface area contributed by atoms with Crippen LogP contribution in [0.1, 0.15) is 11.1 Å². The number of para-hydroxylation sites is 1. The summed E-state index contributed by atoms with van der Waals surface area (Å²) in [5.74, 6) is -0.275. The van der Waals surface area contributed by atoms with Crippen LogP contribution in [-0.2, 0) is 16.9 Å². The average Bonchev–Trinajstić information content (AvgIpc) is 2.98. The first-order chi connectivity index (χ1) is 14.0. The number of nitro groups is 1. The lowest BCUT2D eigenvalue weighted by atomic mass is 9.91. The van der Waals surface area contributed by atoms with Crippen molar-refractivity contribution in [3.05, 3.63) is 100 Å². The molecule has 1 aliphatic rings. The molecule has 29 heavy (non-hydrogen) atoms. The molecule has 1 unspecified atom stereocenters. The summed E-state index contributed by atoms with van der Waals surface area (Å²) in [7, 11) is 0. The van der Waals surface area contributed by atoms with Gasteiger partial charge in [0.15, 0.2) is 5.54 Å². The van der Waals surface area contributed by atoms with Crippen molar-refractivity contribution in [2.24, 2.45) is 0 Å². The third-order valence-corrected chi connectivity index (χ3v) is 5.12. The molecule has 1 atom stereocenters. The topological polar surface area (TPSA) is 95.7 Å². The first-order valence-corrected chi connectivity index (χ1v) is 9.14. The zero-order valence-corrected chi connectivity index (χ0v) is 15.5. The highest BCUT2D eigenvalue weighted by Gasteiger charge is 2.50. The highest BCUT2D eigenvalue weighted by Crippen LogP contribution is 2.43. The van der Waals surface area contributed by atoms with Gasteiger partial charge in [0.25, 0.3) is 11.6 Å². The van der Waals surface area contributed by atoms with Crippen LogP contribution in [0, 0.1) is 10.1 Å². The van der Waals surface area contributed by atoms with E-state index < -0.39 is 17.1 Å². The Morgan fingerprint density at radius 1 is 0.966 bits per heavy atom. The second-order valence-electron chi connectivity index (χ2n) is 6.89. The van der Waals surface area contributed by atoms with Gasteiger partial charge in [0.2, 0.25) is 0 Å². The van der Waals surface area contributed by atoms with Gasteiger partial charge in [0.1, 0.15) is 0 Å². The highest BCUT2D eigenvalue weighted by atomic mass is 16.6. The molecule has 0 bridgehead atoms. The first kappa shape index (κ1) is 18.6. The summed E-state index contributed by atoms with van der Waals surface area (Å²) in [6.07, 6.45) is 0. The van der Waals surface area contributed by atoms with Gasteiger partial charge in [-0.25, -0.2) is 0 Å². The average molecular weight is 389 g/mol. The van der Waals surface area contributed by atoms with Gasteiger partial charge < -0.3 is 15.3 Å². The number of hydrogen-bond acceptors (Lipinski definition) is 5. The lowest BCUT2D eigenvalue weighted by Gasteiger charge is -2.29. The van der Waals surface area contributed by atoms with Crippen LogP contribution in [0.15, 0.2) is 78.9 Å². The highest BCUT2D eigenvalue weighted by molar-refractivity contribution is 6.09. The fraction of sp³-hybridized carbons (Fsp3) is 0.136. The molecule has 7 heteroatoms. The number of hydrogen-bond donors (Lipinski definition) is 2. The molecule has 0 fully saturated rings. The van der Waals surface area contributed by atoms with Crippen LogP contribution in [0.3, 0.4) is 0 Å². The summed E-state index contributed by atoms with van der Waals surface area (Å²) < 4.78 is 0. The van der Waals surface area contributed by atoms with Crippen molar-refractivity contribution >= 4 is 23.0 Å². The van der Waals surface area contributed by atoms with Gasteiger partial charge in [-0.2, -0.15) is 0 Å². The fourth-order valence-corrected chi connectivity index (χ4v) is 3.67. The molecular weight excluding hydrogens is 370 g/mol. The van der Waals surface area contributed by atoms with Crippen molar-refractivity contribution in [2.45, 2.75) is 12.1 Å². The molecule has 3 aromatic carbocycles. The smallest absolute Gasteiger partial charge is 0.269 e. The van der Waals surface area contributed by atoms with Gasteiger partial charge in [0, 0.05) is 23.4 Å². The Hall–Kier alpha value is -3.71. The Morgan fingerprint density at radius 2 is 1.62 bits per heavy atom. The number of nitrogens with one attached hydrogen (secondary N) is 1. The molecule has 0 saturated carbocycles. The van der Waals surface area contributed by atoms with E-state index in [1.165, 1.54) is 24.3 Å². The van der Waals surface area contributed by atoms with Crippen molar-refractivity contribution < 1.29 is 14.8 Å². The van der Waals surface area contributed by atoms with Gasteiger partial charge in [-0.05, 0) is 23.8 Å². The summed E-state index contributed by atoms with van der Waals surface area (Å²) in [6, 6.07) is 22.7. The maximum absolute atomic E-state index is 13.5. The van der Waals surface area contributed by atoms with Crippen LogP contribution >= 0.6 is 0 Å². The molecule has 0 aromatic heterocycles. The van der Waals surface area contributed by atoms with E-state index in [0.29, 0.717) is 17.8 Å². The number of anilines is 2. The molecular formula is C22H19N3O4. The lowest BCUT2D eigenvalue weighted by Crippen LogP contribution is -2.48. The number of carbonyl (C=O) groups excluding carboxylic acids is 1. The van der Waals surface area contributed by atoms with Crippen LogP contribution in [0.5, 0.6) is 0 Å². The summed E-state index contributed by atoms with van der Waals surface area (Å²) in [5.41, 5.74) is 1.47. The van der Waals surface area contributed by atoms with E-state index in [9.17, 15) is 20.0 Å². The summed E-state index contributed by atoms with van der Waals surface area (Å²) in [4.78, 5) is 25.6. The minimum Gasteiger partial charge on any atom is -0.393 e. The molecule has 0 radical (unpaired) electrons. The van der Waals surface area contributed by atoms with Crippen LogP contribution in [-0.4, -0.2) is 22.5 Å². The number of rotatable bonds is 6. The van der Waals surface area contributed by atoms with Crippen LogP contribution in [0.4, 0.5) is 17.1 Å². The van der Waals surface area contributed by atoms with Gasteiger partial charge in [-0.1, -0.05) is 48.5 Å². The molecule has 4 rings (SSSR count). The molecule has 1 aliphatic heterocycles. The van der Waals surface area contributed by atoms with Crippen LogP contribution < -0.4 is 10.2 Å². The van der Waals surface area contributed by atoms with Gasteiger partial charge in [0.05, 0.1) is 23.8 Å². The quantitative estimate of drug-likeness (QED) is 0.497. The zero-order chi connectivity index (χ0) is 20.4. The molecule has 1 amide bonds. The zero-order valence-electron chi connectivity index (χ0n) is 15.5. The number of aliphatic hydroxyl groups excluding tert-OH is 1. The number of carbonyl (C=O) groups is 1. The maximum atomic E-state index is 13.5. The van der Waals surface area contributed by atoms with Crippen molar-refractivity contribution in [1.82, 2.24) is 0 Å². The largest absolute Gasteiger partial charge is 0.393 e. The molecule has 2 N–H and O–H groups in total. The van der Waals surface area contributed by atoms with E-state index in [4.69, 9.17) is 0 Å². The van der Waals surface area contributed by atoms with Crippen molar-refractivity contribution in [1.29, 1.82) is 0 Å². The Bertz CT molecular complexity index is 1050. The SMILES string of the molecule is O=C1N(Cc2ccccc2)c2ccccc2C1(CO)Nc1ccc([N+](=O)[O-])cc1. The van der Waals surface area contributed by atoms with E-state index in [1.807, 2.05) is 54.6 Å². The lowest BCUT2D eigenvalue weighted by molar-refractivity contribution is -0.384. The Labute approximate surface area is 167 Å². The molecule has 1 heterocycles. The van der Waals surface area contributed by atoms with Crippen LogP contribution in [0.2, 0.25) is 0 Å². The van der Waals surface area contributed by atoms with Crippen molar-refractivity contribution in [2.75, 3.05) is 16.8 Å². The number of fused-ring (bicyclic) bond motifs is 1. The van der Waals surface area contributed by atoms with Crippen molar-refractivity contribution in [3.63, 3.8) is 0 Å². The van der Waals surface area contributed by atoms with E-state index in [1.54, 1.807) is 4.90 Å². The monoisotopic (exact) mass is 389 g/mol. The Balaban J connectivity index is 1.72. The standard InChI is InChI=1S/C22H19N3O4/c26-15-22(23-17-10-12-18(13-11-17)25(28)29)19-8-4-5-9-20(19)24(21(22)27)14-16-6-2-1-3-7-16/h1-13,23,26H,14-15H2. The van der Waals surface area contributed by atoms with Crippen LogP contribution in [0.25, 0.3) is 0 Å². The third kappa shape index (κ3) is 3.21. The fourth-order valence-electron chi connectivity index (χ4n) is 3.67. The minimum atomic E-state index is -1.36. The molecule has 0 saturated heterocycles. The second kappa shape index (κ2) is 7.37. The number of benzene rings is 3.